The van der Waals surface area contributed by atoms with Crippen LogP contribution in [0.4, 0.5) is 5.69 Å². The number of ether oxygens (including phenoxy) is 1. The third kappa shape index (κ3) is 2.18. The largest absolute Gasteiger partial charge is 0.474 e. The van der Waals surface area contributed by atoms with Gasteiger partial charge in [-0.15, -0.1) is 0 Å². The second kappa shape index (κ2) is 4.17. The average molecular weight is 257 g/mol. The zero-order valence-electron chi connectivity index (χ0n) is 7.87. The highest BCUT2D eigenvalue weighted by atomic mass is 79.9. The third-order valence-electron chi connectivity index (χ3n) is 2.41. The number of nitrogen functional groups attached to an aromatic ring is 1. The van der Waals surface area contributed by atoms with E-state index in [0.29, 0.717) is 17.7 Å². The second-order valence-corrected chi connectivity index (χ2v) is 4.43. The van der Waals surface area contributed by atoms with Crippen molar-refractivity contribution in [2.75, 3.05) is 5.73 Å². The molecule has 4 heteroatoms. The Morgan fingerprint density at radius 1 is 1.43 bits per heavy atom. The minimum absolute atomic E-state index is 0.336. The lowest BCUT2D eigenvalue weighted by Crippen LogP contribution is -2.12. The van der Waals surface area contributed by atoms with Crippen LogP contribution in [-0.4, -0.2) is 11.1 Å². The van der Waals surface area contributed by atoms with Gasteiger partial charge in [-0.3, -0.25) is 0 Å². The molecule has 0 radical (unpaired) electrons. The van der Waals surface area contributed by atoms with E-state index in [2.05, 4.69) is 20.9 Å². The van der Waals surface area contributed by atoms with Crippen LogP contribution in [-0.2, 0) is 0 Å². The second-order valence-electron chi connectivity index (χ2n) is 3.58. The Kier molecular flexibility index (Phi) is 2.91. The Bertz CT molecular complexity index is 324. The van der Waals surface area contributed by atoms with Crippen molar-refractivity contribution in [3.63, 3.8) is 0 Å². The minimum Gasteiger partial charge on any atom is -0.474 e. The molecule has 2 N–H and O–H groups in total. The van der Waals surface area contributed by atoms with Crippen molar-refractivity contribution < 1.29 is 4.74 Å². The molecule has 0 saturated heterocycles. The van der Waals surface area contributed by atoms with Gasteiger partial charge in [0.2, 0.25) is 5.88 Å². The van der Waals surface area contributed by atoms with Crippen molar-refractivity contribution in [2.45, 2.75) is 31.8 Å². The highest BCUT2D eigenvalue weighted by Crippen LogP contribution is 2.28. The van der Waals surface area contributed by atoms with Crippen LogP contribution in [0.5, 0.6) is 5.88 Å². The van der Waals surface area contributed by atoms with E-state index in [1.165, 1.54) is 12.8 Å². The van der Waals surface area contributed by atoms with Crippen molar-refractivity contribution in [3.05, 3.63) is 16.7 Å². The van der Waals surface area contributed by atoms with E-state index in [0.717, 1.165) is 17.3 Å². The number of nitrogens with two attached hydrogens (primary N) is 1. The average Bonchev–Trinajstić information content (AvgIpc) is 2.62. The van der Waals surface area contributed by atoms with Gasteiger partial charge in [0.25, 0.3) is 0 Å². The Morgan fingerprint density at radius 3 is 2.79 bits per heavy atom. The van der Waals surface area contributed by atoms with Crippen molar-refractivity contribution in [1.29, 1.82) is 0 Å². The Labute approximate surface area is 91.8 Å². The van der Waals surface area contributed by atoms with Gasteiger partial charge in [0.15, 0.2) is 0 Å². The van der Waals surface area contributed by atoms with E-state index in [9.17, 15) is 0 Å². The summed E-state index contributed by atoms with van der Waals surface area (Å²) in [7, 11) is 0. The standard InChI is InChI=1S/C10H13BrN2O/c11-9-5-7(12)6-13-10(9)14-8-3-1-2-4-8/h5-6,8H,1-4,12H2. The minimum atomic E-state index is 0.336. The molecule has 1 heterocycles. The quantitative estimate of drug-likeness (QED) is 0.886. The summed E-state index contributed by atoms with van der Waals surface area (Å²) in [5.41, 5.74) is 6.24. The first-order valence-electron chi connectivity index (χ1n) is 4.83. The van der Waals surface area contributed by atoms with E-state index in [1.54, 1.807) is 6.20 Å². The van der Waals surface area contributed by atoms with Gasteiger partial charge in [-0.25, -0.2) is 4.98 Å². The SMILES string of the molecule is Nc1cnc(OC2CCCC2)c(Br)c1. The Morgan fingerprint density at radius 2 is 2.14 bits per heavy atom. The van der Waals surface area contributed by atoms with Gasteiger partial charge in [-0.05, 0) is 47.7 Å². The molecule has 2 rings (SSSR count). The summed E-state index contributed by atoms with van der Waals surface area (Å²) >= 11 is 3.39. The predicted octanol–water partition coefficient (Wildman–Crippen LogP) is 2.75. The number of halogens is 1. The molecule has 0 bridgehead atoms. The molecule has 1 saturated carbocycles. The topological polar surface area (TPSA) is 48.1 Å². The molecule has 0 spiro atoms. The summed E-state index contributed by atoms with van der Waals surface area (Å²) < 4.78 is 6.58. The van der Waals surface area contributed by atoms with Crippen LogP contribution in [0.15, 0.2) is 16.7 Å². The summed E-state index contributed by atoms with van der Waals surface area (Å²) in [6.07, 6.45) is 6.75. The maximum atomic E-state index is 5.75. The maximum absolute atomic E-state index is 5.75. The molecule has 0 amide bonds. The summed E-state index contributed by atoms with van der Waals surface area (Å²) in [6.45, 7) is 0. The first kappa shape index (κ1) is 9.77. The maximum Gasteiger partial charge on any atom is 0.228 e. The fourth-order valence-corrected chi connectivity index (χ4v) is 2.15. The van der Waals surface area contributed by atoms with Crippen molar-refractivity contribution >= 4 is 21.6 Å². The number of rotatable bonds is 2. The molecule has 1 aliphatic carbocycles. The smallest absolute Gasteiger partial charge is 0.228 e. The lowest BCUT2D eigenvalue weighted by molar-refractivity contribution is 0.200. The highest BCUT2D eigenvalue weighted by molar-refractivity contribution is 9.10. The van der Waals surface area contributed by atoms with E-state index < -0.39 is 0 Å². The molecule has 1 aliphatic rings. The van der Waals surface area contributed by atoms with Crippen LogP contribution < -0.4 is 10.5 Å². The van der Waals surface area contributed by atoms with E-state index in [1.807, 2.05) is 6.07 Å². The number of pyridine rings is 1. The summed E-state index contributed by atoms with van der Waals surface area (Å²) in [4.78, 5) is 4.15. The molecule has 14 heavy (non-hydrogen) atoms. The molecular weight excluding hydrogens is 244 g/mol. The lowest BCUT2D eigenvalue weighted by atomic mass is 10.3. The first-order chi connectivity index (χ1) is 6.75. The van der Waals surface area contributed by atoms with Crippen LogP contribution >= 0.6 is 15.9 Å². The molecule has 0 aromatic carbocycles. The number of anilines is 1. The number of hydrogen-bond acceptors (Lipinski definition) is 3. The van der Waals surface area contributed by atoms with Crippen LogP contribution in [0.2, 0.25) is 0 Å². The number of hydrogen-bond donors (Lipinski definition) is 1. The number of nitrogens with zero attached hydrogens (tertiary/aromatic N) is 1. The monoisotopic (exact) mass is 256 g/mol. The molecule has 1 fully saturated rings. The van der Waals surface area contributed by atoms with Crippen molar-refractivity contribution in [2.24, 2.45) is 0 Å². The summed E-state index contributed by atoms with van der Waals surface area (Å²) in [5.74, 6) is 0.658. The van der Waals surface area contributed by atoms with E-state index >= 15 is 0 Å². The van der Waals surface area contributed by atoms with Gasteiger partial charge in [0, 0.05) is 0 Å². The first-order valence-corrected chi connectivity index (χ1v) is 5.62. The molecule has 1 aromatic rings. The summed E-state index contributed by atoms with van der Waals surface area (Å²) in [5, 5.41) is 0. The number of aromatic nitrogens is 1. The van der Waals surface area contributed by atoms with Gasteiger partial charge < -0.3 is 10.5 Å². The van der Waals surface area contributed by atoms with Gasteiger partial charge in [-0.1, -0.05) is 0 Å². The van der Waals surface area contributed by atoms with Crippen LogP contribution in [0.25, 0.3) is 0 Å². The van der Waals surface area contributed by atoms with Gasteiger partial charge in [-0.2, -0.15) is 0 Å². The van der Waals surface area contributed by atoms with Crippen LogP contribution in [0, 0.1) is 0 Å². The predicted molar refractivity (Wildman–Crippen MR) is 59.2 cm³/mol. The molecule has 0 atom stereocenters. The fraction of sp³-hybridized carbons (Fsp3) is 0.500. The molecule has 0 unspecified atom stereocenters. The van der Waals surface area contributed by atoms with Gasteiger partial charge in [0.1, 0.15) is 6.10 Å². The van der Waals surface area contributed by atoms with Crippen molar-refractivity contribution in [1.82, 2.24) is 4.98 Å². The molecule has 3 nitrogen and oxygen atoms in total. The highest BCUT2D eigenvalue weighted by Gasteiger charge is 2.18. The lowest BCUT2D eigenvalue weighted by Gasteiger charge is -2.13. The zero-order chi connectivity index (χ0) is 9.97. The molecular formula is C10H13BrN2O. The zero-order valence-corrected chi connectivity index (χ0v) is 9.46. The van der Waals surface area contributed by atoms with Gasteiger partial charge in [0.05, 0.1) is 16.4 Å². The normalized spacial score (nSPS) is 17.2. The van der Waals surface area contributed by atoms with E-state index in [4.69, 9.17) is 10.5 Å². The van der Waals surface area contributed by atoms with Gasteiger partial charge >= 0.3 is 0 Å². The van der Waals surface area contributed by atoms with Crippen LogP contribution in [0.3, 0.4) is 0 Å². The van der Waals surface area contributed by atoms with Crippen LogP contribution in [0.1, 0.15) is 25.7 Å². The molecule has 76 valence electrons. The molecule has 1 aromatic heterocycles. The van der Waals surface area contributed by atoms with E-state index in [-0.39, 0.29) is 0 Å². The summed E-state index contributed by atoms with van der Waals surface area (Å²) in [6, 6.07) is 1.82. The fourth-order valence-electron chi connectivity index (χ4n) is 1.69. The molecule has 0 aliphatic heterocycles. The Balaban J connectivity index is 2.08. The Hall–Kier alpha value is -0.770. The third-order valence-corrected chi connectivity index (χ3v) is 2.98. The van der Waals surface area contributed by atoms with Crippen molar-refractivity contribution in [3.8, 4) is 5.88 Å².